The Morgan fingerprint density at radius 1 is 1.33 bits per heavy atom. The molecule has 1 aliphatic carbocycles. The summed E-state index contributed by atoms with van der Waals surface area (Å²) in [5.74, 6) is 0.836. The Bertz CT molecular complexity index is 147. The van der Waals surface area contributed by atoms with Crippen LogP contribution in [0.1, 0.15) is 26.7 Å². The Labute approximate surface area is 74.9 Å². The van der Waals surface area contributed by atoms with Crippen LogP contribution in [0.3, 0.4) is 0 Å². The van der Waals surface area contributed by atoms with E-state index < -0.39 is 6.17 Å². The molecule has 0 spiro atoms. The molecule has 0 bridgehead atoms. The molecule has 0 saturated heterocycles. The van der Waals surface area contributed by atoms with Gasteiger partial charge in [-0.2, -0.15) is 0 Å². The molecule has 2 heteroatoms. The van der Waals surface area contributed by atoms with Gasteiger partial charge in [-0.05, 0) is 39.8 Å². The predicted molar refractivity (Wildman–Crippen MR) is 49.9 cm³/mol. The lowest BCUT2D eigenvalue weighted by Gasteiger charge is -2.27. The lowest BCUT2D eigenvalue weighted by molar-refractivity contribution is 0.155. The molecule has 1 rings (SSSR count). The van der Waals surface area contributed by atoms with Gasteiger partial charge in [0.25, 0.3) is 0 Å². The standard InChI is InChI=1S/C10H20FN/c1-7-5-9(10(11)6-7)8(2)12(3)4/h7-10H,5-6H2,1-4H3/t7-,8?,9?,10?/m1/s1. The van der Waals surface area contributed by atoms with Crippen molar-refractivity contribution in [1.29, 1.82) is 0 Å². The smallest absolute Gasteiger partial charge is 0.105 e. The minimum atomic E-state index is -0.572. The molecule has 1 nitrogen and oxygen atoms in total. The van der Waals surface area contributed by atoms with Gasteiger partial charge in [-0.1, -0.05) is 6.92 Å². The maximum atomic E-state index is 13.4. The lowest BCUT2D eigenvalue weighted by atomic mass is 9.97. The van der Waals surface area contributed by atoms with Crippen LogP contribution in [0, 0.1) is 11.8 Å². The largest absolute Gasteiger partial charge is 0.306 e. The van der Waals surface area contributed by atoms with Gasteiger partial charge in [-0.25, -0.2) is 4.39 Å². The molecule has 3 unspecified atom stereocenters. The second kappa shape index (κ2) is 3.73. The molecule has 0 amide bonds. The van der Waals surface area contributed by atoms with E-state index >= 15 is 0 Å². The van der Waals surface area contributed by atoms with Gasteiger partial charge in [0.05, 0.1) is 0 Å². The summed E-state index contributed by atoms with van der Waals surface area (Å²) in [5, 5.41) is 0. The van der Waals surface area contributed by atoms with E-state index in [2.05, 4.69) is 18.7 Å². The van der Waals surface area contributed by atoms with Crippen molar-refractivity contribution >= 4 is 0 Å². The second-order valence-electron chi connectivity index (χ2n) is 4.46. The van der Waals surface area contributed by atoms with E-state index in [1.54, 1.807) is 0 Å². The molecule has 1 aliphatic rings. The monoisotopic (exact) mass is 173 g/mol. The van der Waals surface area contributed by atoms with E-state index in [4.69, 9.17) is 0 Å². The topological polar surface area (TPSA) is 3.24 Å². The summed E-state index contributed by atoms with van der Waals surface area (Å²) in [7, 11) is 4.06. The summed E-state index contributed by atoms with van der Waals surface area (Å²) >= 11 is 0. The van der Waals surface area contributed by atoms with Crippen molar-refractivity contribution in [3.8, 4) is 0 Å². The average Bonchev–Trinajstić information content (AvgIpc) is 2.28. The van der Waals surface area contributed by atoms with Crippen LogP contribution in [0.4, 0.5) is 4.39 Å². The van der Waals surface area contributed by atoms with Gasteiger partial charge in [0.2, 0.25) is 0 Å². The normalized spacial score (nSPS) is 39.0. The molecular weight excluding hydrogens is 153 g/mol. The van der Waals surface area contributed by atoms with Gasteiger partial charge in [-0.3, -0.25) is 0 Å². The van der Waals surface area contributed by atoms with Gasteiger partial charge in [0.15, 0.2) is 0 Å². The van der Waals surface area contributed by atoms with Gasteiger partial charge in [0, 0.05) is 12.0 Å². The van der Waals surface area contributed by atoms with Gasteiger partial charge >= 0.3 is 0 Å². The van der Waals surface area contributed by atoms with E-state index in [0.29, 0.717) is 12.0 Å². The number of halogens is 1. The molecule has 1 fully saturated rings. The maximum absolute atomic E-state index is 13.4. The highest BCUT2D eigenvalue weighted by Crippen LogP contribution is 2.36. The van der Waals surface area contributed by atoms with Gasteiger partial charge in [0.1, 0.15) is 6.17 Å². The Balaban J connectivity index is 2.51. The molecule has 0 radical (unpaired) electrons. The van der Waals surface area contributed by atoms with Crippen molar-refractivity contribution in [2.24, 2.45) is 11.8 Å². The first-order valence-electron chi connectivity index (χ1n) is 4.83. The highest BCUT2D eigenvalue weighted by atomic mass is 19.1. The first-order valence-corrected chi connectivity index (χ1v) is 4.83. The zero-order valence-corrected chi connectivity index (χ0v) is 8.55. The molecule has 0 N–H and O–H groups in total. The summed E-state index contributed by atoms with van der Waals surface area (Å²) < 4.78 is 13.4. The Kier molecular flexibility index (Phi) is 3.10. The third-order valence-corrected chi connectivity index (χ3v) is 3.20. The van der Waals surface area contributed by atoms with Crippen molar-refractivity contribution in [2.75, 3.05) is 14.1 Å². The van der Waals surface area contributed by atoms with Crippen molar-refractivity contribution in [1.82, 2.24) is 4.90 Å². The number of alkyl halides is 1. The molecule has 4 atom stereocenters. The van der Waals surface area contributed by atoms with Crippen LogP contribution in [0.2, 0.25) is 0 Å². The maximum Gasteiger partial charge on any atom is 0.105 e. The van der Waals surface area contributed by atoms with Crippen LogP contribution >= 0.6 is 0 Å². The molecule has 72 valence electrons. The molecule has 0 aromatic heterocycles. The molecule has 0 heterocycles. The Morgan fingerprint density at radius 2 is 1.92 bits per heavy atom. The van der Waals surface area contributed by atoms with E-state index in [1.807, 2.05) is 14.1 Å². The molecule has 1 saturated carbocycles. The van der Waals surface area contributed by atoms with Crippen molar-refractivity contribution in [3.05, 3.63) is 0 Å². The molecular formula is C10H20FN. The van der Waals surface area contributed by atoms with Gasteiger partial charge in [-0.15, -0.1) is 0 Å². The number of hydrogen-bond donors (Lipinski definition) is 0. The zero-order chi connectivity index (χ0) is 9.30. The first-order chi connectivity index (χ1) is 5.52. The van der Waals surface area contributed by atoms with Crippen LogP contribution in [-0.2, 0) is 0 Å². The van der Waals surface area contributed by atoms with E-state index in [0.717, 1.165) is 12.8 Å². The Hall–Kier alpha value is -0.110. The molecule has 0 aromatic carbocycles. The van der Waals surface area contributed by atoms with E-state index in [-0.39, 0.29) is 5.92 Å². The lowest BCUT2D eigenvalue weighted by Crippen LogP contribution is -2.35. The quantitative estimate of drug-likeness (QED) is 0.619. The summed E-state index contributed by atoms with van der Waals surface area (Å²) in [6, 6.07) is 0.380. The van der Waals surface area contributed by atoms with Crippen molar-refractivity contribution < 1.29 is 4.39 Å². The van der Waals surface area contributed by atoms with Crippen LogP contribution in [0.25, 0.3) is 0 Å². The summed E-state index contributed by atoms with van der Waals surface area (Å²) in [6.45, 7) is 4.27. The highest BCUT2D eigenvalue weighted by molar-refractivity contribution is 4.87. The second-order valence-corrected chi connectivity index (χ2v) is 4.46. The van der Waals surface area contributed by atoms with Crippen molar-refractivity contribution in [3.63, 3.8) is 0 Å². The molecule has 12 heavy (non-hydrogen) atoms. The summed E-state index contributed by atoms with van der Waals surface area (Å²) in [6.07, 6.45) is 1.25. The van der Waals surface area contributed by atoms with Crippen molar-refractivity contribution in [2.45, 2.75) is 38.9 Å². The van der Waals surface area contributed by atoms with Crippen LogP contribution in [-0.4, -0.2) is 31.2 Å². The Morgan fingerprint density at radius 3 is 2.25 bits per heavy atom. The van der Waals surface area contributed by atoms with E-state index in [9.17, 15) is 4.39 Å². The van der Waals surface area contributed by atoms with E-state index in [1.165, 1.54) is 0 Å². The third-order valence-electron chi connectivity index (χ3n) is 3.20. The molecule has 0 aromatic rings. The number of rotatable bonds is 2. The highest BCUT2D eigenvalue weighted by Gasteiger charge is 2.36. The fourth-order valence-corrected chi connectivity index (χ4v) is 2.15. The number of hydrogen-bond acceptors (Lipinski definition) is 1. The summed E-state index contributed by atoms with van der Waals surface area (Å²) in [4.78, 5) is 2.12. The SMILES string of the molecule is CC(C1C[C@@H](C)CC1F)N(C)C. The van der Waals surface area contributed by atoms with Crippen LogP contribution in [0.15, 0.2) is 0 Å². The minimum Gasteiger partial charge on any atom is -0.306 e. The molecule has 0 aliphatic heterocycles. The predicted octanol–water partition coefficient (Wildman–Crippen LogP) is 2.32. The minimum absolute atomic E-state index is 0.259. The van der Waals surface area contributed by atoms with Crippen LogP contribution in [0.5, 0.6) is 0 Å². The van der Waals surface area contributed by atoms with Crippen LogP contribution < -0.4 is 0 Å². The number of nitrogens with zero attached hydrogens (tertiary/aromatic N) is 1. The zero-order valence-electron chi connectivity index (χ0n) is 8.55. The third kappa shape index (κ3) is 1.98. The average molecular weight is 173 g/mol. The van der Waals surface area contributed by atoms with Gasteiger partial charge < -0.3 is 4.90 Å². The summed E-state index contributed by atoms with van der Waals surface area (Å²) in [5.41, 5.74) is 0. The first kappa shape index (κ1) is 9.97. The fraction of sp³-hybridized carbons (Fsp3) is 1.00. The fourth-order valence-electron chi connectivity index (χ4n) is 2.15.